The average Bonchev–Trinajstić information content (AvgIpc) is 3.38. The van der Waals surface area contributed by atoms with E-state index in [-0.39, 0.29) is 12.0 Å². The van der Waals surface area contributed by atoms with Gasteiger partial charge in [0.1, 0.15) is 16.2 Å². The Hall–Kier alpha value is -1.98. The summed E-state index contributed by atoms with van der Waals surface area (Å²) in [5.41, 5.74) is 2.21. The number of thioether (sulfide) groups is 2. The molecule has 1 heterocycles. The zero-order valence-corrected chi connectivity index (χ0v) is 17.5. The van der Waals surface area contributed by atoms with E-state index in [1.165, 1.54) is 54.8 Å². The summed E-state index contributed by atoms with van der Waals surface area (Å²) in [5, 5.41) is 0. The molecule has 1 aliphatic heterocycles. The maximum atomic E-state index is 12.0. The normalized spacial score (nSPS) is 19.8. The molecule has 0 spiro atoms. The summed E-state index contributed by atoms with van der Waals surface area (Å²) in [6.07, 6.45) is 8.91. The van der Waals surface area contributed by atoms with Gasteiger partial charge < -0.3 is 4.74 Å². The van der Waals surface area contributed by atoms with Crippen molar-refractivity contribution >= 4 is 39.9 Å². The number of ether oxygens (including phenoxy) is 1. The number of benzene rings is 2. The van der Waals surface area contributed by atoms with E-state index in [4.69, 9.17) is 4.74 Å². The number of carbonyl (C=O) groups excluding carboxylic acids is 1. The monoisotopic (exact) mass is 409 g/mol. The van der Waals surface area contributed by atoms with E-state index in [1.807, 2.05) is 42.7 Å². The molecule has 0 saturated heterocycles. The molecule has 144 valence electrons. The molecule has 3 nitrogen and oxygen atoms in total. The summed E-state index contributed by atoms with van der Waals surface area (Å²) < 4.78 is 7.22. The van der Waals surface area contributed by atoms with E-state index < -0.39 is 0 Å². The molecule has 0 N–H and O–H groups in total. The molecule has 1 unspecified atom stereocenters. The van der Waals surface area contributed by atoms with Crippen LogP contribution in [0.15, 0.2) is 64.5 Å². The van der Waals surface area contributed by atoms with Crippen molar-refractivity contribution in [2.45, 2.75) is 31.8 Å². The minimum absolute atomic E-state index is 0.0699. The van der Waals surface area contributed by atoms with Crippen LogP contribution >= 0.6 is 23.5 Å². The van der Waals surface area contributed by atoms with Gasteiger partial charge in [-0.05, 0) is 48.4 Å². The number of nitrogens with zero attached hydrogens (tertiary/aromatic N) is 1. The van der Waals surface area contributed by atoms with Gasteiger partial charge in [0.25, 0.3) is 5.91 Å². The van der Waals surface area contributed by atoms with E-state index in [0.29, 0.717) is 10.8 Å². The molecule has 1 atom stereocenters. The Morgan fingerprint density at radius 2 is 1.82 bits per heavy atom. The molecule has 1 fully saturated rings. The van der Waals surface area contributed by atoms with Gasteiger partial charge in [0.2, 0.25) is 0 Å². The van der Waals surface area contributed by atoms with Crippen molar-refractivity contribution < 1.29 is 9.53 Å². The van der Waals surface area contributed by atoms with Gasteiger partial charge in [0.15, 0.2) is 0 Å². The molecule has 1 aliphatic carbocycles. The molecule has 0 aromatic heterocycles. The van der Waals surface area contributed by atoms with Crippen molar-refractivity contribution in [3.8, 4) is 5.75 Å². The van der Waals surface area contributed by atoms with E-state index in [1.54, 1.807) is 0 Å². The first-order valence-electron chi connectivity index (χ1n) is 9.61. The molecular formula is C23H23NO2S2. The van der Waals surface area contributed by atoms with Gasteiger partial charge in [-0.15, -0.1) is 11.8 Å². The van der Waals surface area contributed by atoms with Gasteiger partial charge in [0, 0.05) is 5.92 Å². The fourth-order valence-electron chi connectivity index (χ4n) is 3.75. The Balaban J connectivity index is 1.54. The molecule has 1 saturated carbocycles. The SMILES string of the molecule is CSC1=NC(=O)C(=Cc2ccc(C(Oc3ccccc3)C3CCCC3)cc2)S1. The fourth-order valence-corrected chi connectivity index (χ4v) is 5.17. The first-order chi connectivity index (χ1) is 13.7. The Morgan fingerprint density at radius 1 is 1.11 bits per heavy atom. The fraction of sp³-hybridized carbons (Fsp3) is 0.304. The third-order valence-electron chi connectivity index (χ3n) is 5.17. The number of amides is 1. The highest BCUT2D eigenvalue weighted by molar-refractivity contribution is 8.40. The predicted molar refractivity (Wildman–Crippen MR) is 120 cm³/mol. The van der Waals surface area contributed by atoms with Gasteiger partial charge in [-0.3, -0.25) is 4.79 Å². The van der Waals surface area contributed by atoms with Crippen molar-refractivity contribution in [3.05, 3.63) is 70.6 Å². The number of rotatable bonds is 5. The highest BCUT2D eigenvalue weighted by Crippen LogP contribution is 2.39. The van der Waals surface area contributed by atoms with Crippen molar-refractivity contribution in [2.75, 3.05) is 6.26 Å². The molecule has 1 amide bonds. The highest BCUT2D eigenvalue weighted by atomic mass is 32.2. The minimum Gasteiger partial charge on any atom is -0.485 e. The number of hydrogen-bond acceptors (Lipinski definition) is 4. The Kier molecular flexibility index (Phi) is 6.23. The molecule has 0 radical (unpaired) electrons. The second kappa shape index (κ2) is 9.01. The molecule has 2 aromatic rings. The summed E-state index contributed by atoms with van der Waals surface area (Å²) in [5.74, 6) is 1.32. The van der Waals surface area contributed by atoms with Crippen molar-refractivity contribution in [1.82, 2.24) is 0 Å². The van der Waals surface area contributed by atoms with Crippen LogP contribution in [-0.4, -0.2) is 16.5 Å². The van der Waals surface area contributed by atoms with Gasteiger partial charge >= 0.3 is 0 Å². The minimum atomic E-state index is -0.144. The number of aliphatic imine (C=N–C) groups is 1. The summed E-state index contributed by atoms with van der Waals surface area (Å²) in [4.78, 5) is 16.7. The molecule has 0 bridgehead atoms. The maximum Gasteiger partial charge on any atom is 0.285 e. The lowest BCUT2D eigenvalue weighted by Crippen LogP contribution is -2.16. The van der Waals surface area contributed by atoms with Crippen molar-refractivity contribution in [2.24, 2.45) is 10.9 Å². The van der Waals surface area contributed by atoms with E-state index in [2.05, 4.69) is 29.3 Å². The number of carbonyl (C=O) groups is 1. The lowest BCUT2D eigenvalue weighted by atomic mass is 9.93. The van der Waals surface area contributed by atoms with Gasteiger partial charge in [0.05, 0.1) is 4.91 Å². The van der Waals surface area contributed by atoms with Gasteiger partial charge in [-0.25, -0.2) is 0 Å². The second-order valence-corrected chi connectivity index (χ2v) is 9.14. The van der Waals surface area contributed by atoms with E-state index in [0.717, 1.165) is 15.7 Å². The van der Waals surface area contributed by atoms with Crippen LogP contribution in [0.2, 0.25) is 0 Å². The Bertz CT molecular complexity index is 885. The topological polar surface area (TPSA) is 38.7 Å². The van der Waals surface area contributed by atoms with Crippen LogP contribution in [0.4, 0.5) is 0 Å². The third-order valence-corrected chi connectivity index (χ3v) is 7.14. The molecule has 5 heteroatoms. The highest BCUT2D eigenvalue weighted by Gasteiger charge is 2.28. The van der Waals surface area contributed by atoms with Crippen LogP contribution in [-0.2, 0) is 4.79 Å². The first-order valence-corrected chi connectivity index (χ1v) is 11.7. The predicted octanol–water partition coefficient (Wildman–Crippen LogP) is 6.33. The quantitative estimate of drug-likeness (QED) is 0.541. The Labute approximate surface area is 174 Å². The van der Waals surface area contributed by atoms with Crippen molar-refractivity contribution in [1.29, 1.82) is 0 Å². The zero-order valence-electron chi connectivity index (χ0n) is 15.8. The van der Waals surface area contributed by atoms with Crippen LogP contribution in [0.1, 0.15) is 42.9 Å². The number of para-hydroxylation sites is 1. The smallest absolute Gasteiger partial charge is 0.285 e. The first kappa shape index (κ1) is 19.3. The molecular weight excluding hydrogens is 386 g/mol. The maximum absolute atomic E-state index is 12.0. The largest absolute Gasteiger partial charge is 0.485 e. The standard InChI is InChI=1S/C23H23NO2S2/c1-27-23-24-22(25)20(28-23)15-16-11-13-18(14-12-16)21(17-7-5-6-8-17)26-19-9-3-2-4-10-19/h2-4,9-15,17,21H,5-8H2,1H3. The van der Waals surface area contributed by atoms with Crippen LogP contribution in [0.25, 0.3) is 6.08 Å². The zero-order chi connectivity index (χ0) is 19.3. The molecule has 4 rings (SSSR count). The van der Waals surface area contributed by atoms with Crippen LogP contribution in [0, 0.1) is 5.92 Å². The van der Waals surface area contributed by atoms with Crippen LogP contribution in [0.5, 0.6) is 5.75 Å². The lowest BCUT2D eigenvalue weighted by molar-refractivity contribution is -0.113. The van der Waals surface area contributed by atoms with Crippen LogP contribution < -0.4 is 4.74 Å². The summed E-state index contributed by atoms with van der Waals surface area (Å²) in [6.45, 7) is 0. The summed E-state index contributed by atoms with van der Waals surface area (Å²) in [7, 11) is 0. The molecule has 2 aliphatic rings. The second-order valence-electron chi connectivity index (χ2n) is 7.06. The van der Waals surface area contributed by atoms with E-state index in [9.17, 15) is 4.79 Å². The lowest BCUT2D eigenvalue weighted by Gasteiger charge is -2.25. The third kappa shape index (κ3) is 4.53. The van der Waals surface area contributed by atoms with Gasteiger partial charge in [-0.1, -0.05) is 67.1 Å². The number of hydrogen-bond donors (Lipinski definition) is 0. The average molecular weight is 410 g/mol. The molecule has 28 heavy (non-hydrogen) atoms. The summed E-state index contributed by atoms with van der Waals surface area (Å²) in [6, 6.07) is 18.5. The van der Waals surface area contributed by atoms with Crippen LogP contribution in [0.3, 0.4) is 0 Å². The van der Waals surface area contributed by atoms with Gasteiger partial charge in [-0.2, -0.15) is 4.99 Å². The Morgan fingerprint density at radius 3 is 2.46 bits per heavy atom. The van der Waals surface area contributed by atoms with Crippen molar-refractivity contribution in [3.63, 3.8) is 0 Å². The summed E-state index contributed by atoms with van der Waals surface area (Å²) >= 11 is 2.95. The van der Waals surface area contributed by atoms with E-state index >= 15 is 0 Å². The molecule has 2 aromatic carbocycles.